The topological polar surface area (TPSA) is 37.8 Å². The van der Waals surface area contributed by atoms with Crippen molar-refractivity contribution in [1.29, 1.82) is 0 Å². The number of nitrogens with one attached hydrogen (secondary N) is 1. The summed E-state index contributed by atoms with van der Waals surface area (Å²) in [7, 11) is 0. The van der Waals surface area contributed by atoms with Gasteiger partial charge in [0.2, 0.25) is 0 Å². The first-order valence-electron chi connectivity index (χ1n) is 7.52. The summed E-state index contributed by atoms with van der Waals surface area (Å²) in [6.07, 6.45) is 2.77. The van der Waals surface area contributed by atoms with E-state index in [-0.39, 0.29) is 5.82 Å². The van der Waals surface area contributed by atoms with Gasteiger partial charge in [-0.1, -0.05) is 25.5 Å². The number of hydrogen-bond donors (Lipinski definition) is 1. The first-order chi connectivity index (χ1) is 10.1. The number of halogens is 1. The predicted molar refractivity (Wildman–Crippen MR) is 84.9 cm³/mol. The fraction of sp³-hybridized carbons (Fsp3) is 0.412. The van der Waals surface area contributed by atoms with Gasteiger partial charge in [0.1, 0.15) is 17.5 Å². The molecule has 112 valence electrons. The third-order valence-corrected chi connectivity index (χ3v) is 3.20. The van der Waals surface area contributed by atoms with Crippen LogP contribution in [0.25, 0.3) is 11.3 Å². The second-order valence-electron chi connectivity index (χ2n) is 5.21. The van der Waals surface area contributed by atoms with E-state index < -0.39 is 0 Å². The highest BCUT2D eigenvalue weighted by Crippen LogP contribution is 2.24. The van der Waals surface area contributed by atoms with Crippen LogP contribution < -0.4 is 5.32 Å². The number of anilines is 1. The van der Waals surface area contributed by atoms with Crippen LogP contribution in [0.15, 0.2) is 24.3 Å². The Labute approximate surface area is 125 Å². The lowest BCUT2D eigenvalue weighted by molar-refractivity contribution is 0.630. The number of benzene rings is 1. The molecule has 21 heavy (non-hydrogen) atoms. The minimum absolute atomic E-state index is 0.247. The van der Waals surface area contributed by atoms with Crippen LogP contribution in [0, 0.1) is 12.7 Å². The zero-order valence-electron chi connectivity index (χ0n) is 12.9. The molecule has 0 aliphatic heterocycles. The predicted octanol–water partition coefficient (Wildman–Crippen LogP) is 4.37. The van der Waals surface area contributed by atoms with E-state index in [1.807, 2.05) is 19.1 Å². The number of nitrogens with zero attached hydrogens (tertiary/aromatic N) is 2. The van der Waals surface area contributed by atoms with Crippen LogP contribution in [-0.2, 0) is 6.42 Å². The summed E-state index contributed by atoms with van der Waals surface area (Å²) < 4.78 is 14.1. The molecule has 4 heteroatoms. The van der Waals surface area contributed by atoms with Crippen molar-refractivity contribution in [2.75, 3.05) is 11.9 Å². The normalized spacial score (nSPS) is 10.7. The number of aromatic nitrogens is 2. The zero-order chi connectivity index (χ0) is 15.2. The van der Waals surface area contributed by atoms with E-state index in [0.717, 1.165) is 43.0 Å². The zero-order valence-corrected chi connectivity index (χ0v) is 12.9. The molecule has 2 rings (SSSR count). The van der Waals surface area contributed by atoms with Gasteiger partial charge in [-0.2, -0.15) is 0 Å². The van der Waals surface area contributed by atoms with Crippen LogP contribution in [0.5, 0.6) is 0 Å². The van der Waals surface area contributed by atoms with Crippen molar-refractivity contribution in [1.82, 2.24) is 9.97 Å². The van der Waals surface area contributed by atoms with Crippen LogP contribution in [0.4, 0.5) is 10.2 Å². The van der Waals surface area contributed by atoms with Crippen molar-refractivity contribution >= 4 is 5.82 Å². The Bertz CT molecular complexity index is 611. The lowest BCUT2D eigenvalue weighted by Gasteiger charge is -2.10. The second-order valence-corrected chi connectivity index (χ2v) is 5.21. The van der Waals surface area contributed by atoms with Crippen molar-refractivity contribution in [2.45, 2.75) is 40.0 Å². The van der Waals surface area contributed by atoms with E-state index in [9.17, 15) is 4.39 Å². The average molecular weight is 287 g/mol. The van der Waals surface area contributed by atoms with Crippen LogP contribution in [0.1, 0.15) is 38.1 Å². The molecule has 0 unspecified atom stereocenters. The lowest BCUT2D eigenvalue weighted by Crippen LogP contribution is -2.06. The molecule has 0 spiro atoms. The highest BCUT2D eigenvalue weighted by Gasteiger charge is 2.10. The fourth-order valence-electron chi connectivity index (χ4n) is 2.15. The Kier molecular flexibility index (Phi) is 5.26. The Balaban J connectivity index is 2.45. The monoisotopic (exact) mass is 287 g/mol. The maximum Gasteiger partial charge on any atom is 0.132 e. The standard InChI is InChI=1S/C17H22FN3/c1-4-6-16-20-15(11-17(21-16)19-9-5-2)13-10-12(3)7-8-14(13)18/h7-8,10-11H,4-6,9H2,1-3H3,(H,19,20,21). The van der Waals surface area contributed by atoms with E-state index in [0.29, 0.717) is 11.3 Å². The third kappa shape index (κ3) is 4.00. The Hall–Kier alpha value is -1.97. The van der Waals surface area contributed by atoms with E-state index in [1.165, 1.54) is 6.07 Å². The molecule has 1 aromatic heterocycles. The van der Waals surface area contributed by atoms with Crippen molar-refractivity contribution in [3.63, 3.8) is 0 Å². The molecule has 0 atom stereocenters. The first-order valence-corrected chi connectivity index (χ1v) is 7.52. The van der Waals surface area contributed by atoms with Crippen molar-refractivity contribution < 1.29 is 4.39 Å². The van der Waals surface area contributed by atoms with Gasteiger partial charge in [-0.25, -0.2) is 14.4 Å². The van der Waals surface area contributed by atoms with Crippen LogP contribution in [-0.4, -0.2) is 16.5 Å². The Morgan fingerprint density at radius 1 is 1.10 bits per heavy atom. The summed E-state index contributed by atoms with van der Waals surface area (Å²) in [4.78, 5) is 9.01. The summed E-state index contributed by atoms with van der Waals surface area (Å²) in [6, 6.07) is 6.91. The molecule has 0 aliphatic rings. The smallest absolute Gasteiger partial charge is 0.132 e. The molecule has 0 radical (unpaired) electrons. The van der Waals surface area contributed by atoms with E-state index >= 15 is 0 Å². The first kappa shape index (κ1) is 15.4. The highest BCUT2D eigenvalue weighted by atomic mass is 19.1. The molecular weight excluding hydrogens is 265 g/mol. The minimum Gasteiger partial charge on any atom is -0.370 e. The molecule has 0 fully saturated rings. The summed E-state index contributed by atoms with van der Waals surface area (Å²) in [5.74, 6) is 1.28. The molecule has 1 heterocycles. The van der Waals surface area contributed by atoms with E-state index in [4.69, 9.17) is 0 Å². The number of hydrogen-bond acceptors (Lipinski definition) is 3. The van der Waals surface area contributed by atoms with Crippen molar-refractivity contribution in [3.8, 4) is 11.3 Å². The van der Waals surface area contributed by atoms with Crippen LogP contribution in [0.3, 0.4) is 0 Å². The average Bonchev–Trinajstić information content (AvgIpc) is 2.48. The van der Waals surface area contributed by atoms with Gasteiger partial charge in [0.05, 0.1) is 5.69 Å². The van der Waals surface area contributed by atoms with Gasteiger partial charge in [-0.3, -0.25) is 0 Å². The van der Waals surface area contributed by atoms with Crippen LogP contribution >= 0.6 is 0 Å². The largest absolute Gasteiger partial charge is 0.370 e. The summed E-state index contributed by atoms with van der Waals surface area (Å²) in [5, 5.41) is 3.26. The third-order valence-electron chi connectivity index (χ3n) is 3.20. The van der Waals surface area contributed by atoms with Gasteiger partial charge in [-0.05, 0) is 31.9 Å². The molecule has 0 bridgehead atoms. The Morgan fingerprint density at radius 3 is 2.62 bits per heavy atom. The van der Waals surface area contributed by atoms with Gasteiger partial charge in [-0.15, -0.1) is 0 Å². The van der Waals surface area contributed by atoms with Gasteiger partial charge in [0.15, 0.2) is 0 Å². The molecule has 0 saturated carbocycles. The summed E-state index contributed by atoms with van der Waals surface area (Å²) >= 11 is 0. The number of aryl methyl sites for hydroxylation is 2. The molecular formula is C17H22FN3. The maximum absolute atomic E-state index is 14.1. The minimum atomic E-state index is -0.247. The van der Waals surface area contributed by atoms with Gasteiger partial charge < -0.3 is 5.32 Å². The van der Waals surface area contributed by atoms with E-state index in [1.54, 1.807) is 6.07 Å². The van der Waals surface area contributed by atoms with Gasteiger partial charge in [0, 0.05) is 24.6 Å². The van der Waals surface area contributed by atoms with Crippen LogP contribution in [0.2, 0.25) is 0 Å². The van der Waals surface area contributed by atoms with Gasteiger partial charge >= 0.3 is 0 Å². The molecule has 2 aromatic rings. The summed E-state index contributed by atoms with van der Waals surface area (Å²) in [5.41, 5.74) is 2.20. The molecule has 0 saturated heterocycles. The molecule has 1 N–H and O–H groups in total. The quantitative estimate of drug-likeness (QED) is 0.857. The molecule has 1 aromatic carbocycles. The van der Waals surface area contributed by atoms with Crippen molar-refractivity contribution in [3.05, 3.63) is 41.5 Å². The second kappa shape index (κ2) is 7.16. The SMILES string of the molecule is CCCNc1cc(-c2cc(C)ccc2F)nc(CCC)n1. The molecule has 0 amide bonds. The molecule has 3 nitrogen and oxygen atoms in total. The lowest BCUT2D eigenvalue weighted by atomic mass is 10.1. The fourth-order valence-corrected chi connectivity index (χ4v) is 2.15. The molecule has 0 aliphatic carbocycles. The van der Waals surface area contributed by atoms with Gasteiger partial charge in [0.25, 0.3) is 0 Å². The van der Waals surface area contributed by atoms with Crippen molar-refractivity contribution in [2.24, 2.45) is 0 Å². The highest BCUT2D eigenvalue weighted by molar-refractivity contribution is 5.64. The Morgan fingerprint density at radius 2 is 1.90 bits per heavy atom. The maximum atomic E-state index is 14.1. The number of rotatable bonds is 6. The summed E-state index contributed by atoms with van der Waals surface area (Å²) in [6.45, 7) is 6.98. The van der Waals surface area contributed by atoms with E-state index in [2.05, 4.69) is 29.1 Å².